The summed E-state index contributed by atoms with van der Waals surface area (Å²) < 4.78 is 10.9. The number of anilines is 1. The van der Waals surface area contributed by atoms with E-state index in [0.717, 1.165) is 30.3 Å². The van der Waals surface area contributed by atoms with Crippen LogP contribution in [0.3, 0.4) is 0 Å². The summed E-state index contributed by atoms with van der Waals surface area (Å²) in [6, 6.07) is 7.06. The van der Waals surface area contributed by atoms with Crippen LogP contribution in [0.15, 0.2) is 18.2 Å². The molecule has 1 aromatic carbocycles. The van der Waals surface area contributed by atoms with Crippen LogP contribution in [0, 0.1) is 5.92 Å². The minimum atomic E-state index is 0.454. The van der Waals surface area contributed by atoms with Gasteiger partial charge in [-0.1, -0.05) is 13.8 Å². The van der Waals surface area contributed by atoms with Gasteiger partial charge in [0.05, 0.1) is 19.9 Å². The number of hydrogen-bond acceptors (Lipinski definition) is 4. The molecule has 2 atom stereocenters. The molecule has 0 aliphatic carbocycles. The SMILES string of the molecule is COc1ccc(N2CC(CC(C)C)NCC2C)c(OC)c1. The van der Waals surface area contributed by atoms with Crippen molar-refractivity contribution < 1.29 is 9.47 Å². The Bertz CT molecular complexity index is 462. The van der Waals surface area contributed by atoms with E-state index in [-0.39, 0.29) is 0 Å². The van der Waals surface area contributed by atoms with Gasteiger partial charge in [0.2, 0.25) is 0 Å². The zero-order chi connectivity index (χ0) is 15.4. The molecule has 0 bridgehead atoms. The molecule has 4 nitrogen and oxygen atoms in total. The number of piperazine rings is 1. The van der Waals surface area contributed by atoms with Crippen molar-refractivity contribution >= 4 is 5.69 Å². The van der Waals surface area contributed by atoms with Crippen molar-refractivity contribution in [3.05, 3.63) is 18.2 Å². The highest BCUT2D eigenvalue weighted by Crippen LogP contribution is 2.34. The lowest BCUT2D eigenvalue weighted by Gasteiger charge is -2.41. The molecule has 1 fully saturated rings. The van der Waals surface area contributed by atoms with Crippen LogP contribution in [0.2, 0.25) is 0 Å². The van der Waals surface area contributed by atoms with Crippen molar-refractivity contribution in [1.29, 1.82) is 0 Å². The van der Waals surface area contributed by atoms with Crippen LogP contribution in [0.25, 0.3) is 0 Å². The van der Waals surface area contributed by atoms with E-state index in [9.17, 15) is 0 Å². The Morgan fingerprint density at radius 3 is 2.67 bits per heavy atom. The zero-order valence-corrected chi connectivity index (χ0v) is 13.8. The fourth-order valence-corrected chi connectivity index (χ4v) is 3.01. The van der Waals surface area contributed by atoms with Crippen LogP contribution in [0.4, 0.5) is 5.69 Å². The lowest BCUT2D eigenvalue weighted by molar-refractivity contribution is 0.350. The van der Waals surface area contributed by atoms with E-state index in [0.29, 0.717) is 18.0 Å². The van der Waals surface area contributed by atoms with Crippen molar-refractivity contribution in [2.75, 3.05) is 32.2 Å². The maximum atomic E-state index is 5.56. The maximum Gasteiger partial charge on any atom is 0.145 e. The molecule has 0 saturated carbocycles. The Morgan fingerprint density at radius 1 is 1.29 bits per heavy atom. The molecule has 1 heterocycles. The summed E-state index contributed by atoms with van der Waals surface area (Å²) in [6.07, 6.45) is 1.20. The molecule has 1 aliphatic rings. The first-order chi connectivity index (χ1) is 10.0. The summed E-state index contributed by atoms with van der Waals surface area (Å²) in [7, 11) is 3.40. The molecule has 118 valence electrons. The van der Waals surface area contributed by atoms with E-state index < -0.39 is 0 Å². The average molecular weight is 292 g/mol. The third-order valence-corrected chi connectivity index (χ3v) is 4.10. The fourth-order valence-electron chi connectivity index (χ4n) is 3.01. The normalized spacial score (nSPS) is 22.5. The molecule has 2 unspecified atom stereocenters. The van der Waals surface area contributed by atoms with Crippen LogP contribution in [0.1, 0.15) is 27.2 Å². The van der Waals surface area contributed by atoms with Crippen LogP contribution in [-0.4, -0.2) is 39.4 Å². The van der Waals surface area contributed by atoms with Gasteiger partial charge >= 0.3 is 0 Å². The third-order valence-electron chi connectivity index (χ3n) is 4.10. The first-order valence-corrected chi connectivity index (χ1v) is 7.77. The Kier molecular flexibility index (Phi) is 5.34. The summed E-state index contributed by atoms with van der Waals surface area (Å²) in [5, 5.41) is 3.65. The smallest absolute Gasteiger partial charge is 0.145 e. The van der Waals surface area contributed by atoms with Crippen molar-refractivity contribution in [3.63, 3.8) is 0 Å². The lowest BCUT2D eigenvalue weighted by Crippen LogP contribution is -2.56. The third kappa shape index (κ3) is 3.82. The molecule has 2 rings (SSSR count). The quantitative estimate of drug-likeness (QED) is 0.905. The van der Waals surface area contributed by atoms with Gasteiger partial charge in [-0.05, 0) is 31.4 Å². The molecule has 0 aromatic heterocycles. The van der Waals surface area contributed by atoms with Gasteiger partial charge in [-0.25, -0.2) is 0 Å². The van der Waals surface area contributed by atoms with Crippen LogP contribution in [0.5, 0.6) is 11.5 Å². The Morgan fingerprint density at radius 2 is 2.05 bits per heavy atom. The molecule has 4 heteroatoms. The predicted octanol–water partition coefficient (Wildman–Crippen LogP) is 2.92. The molecule has 0 radical (unpaired) electrons. The van der Waals surface area contributed by atoms with Crippen molar-refractivity contribution in [1.82, 2.24) is 5.32 Å². The van der Waals surface area contributed by atoms with Gasteiger partial charge in [-0.2, -0.15) is 0 Å². The highest BCUT2D eigenvalue weighted by atomic mass is 16.5. The molecule has 0 amide bonds. The Hall–Kier alpha value is -1.42. The second-order valence-electron chi connectivity index (χ2n) is 6.27. The van der Waals surface area contributed by atoms with Crippen molar-refractivity contribution in [2.24, 2.45) is 5.92 Å². The van der Waals surface area contributed by atoms with Crippen molar-refractivity contribution in [2.45, 2.75) is 39.3 Å². The van der Waals surface area contributed by atoms with E-state index in [1.54, 1.807) is 14.2 Å². The van der Waals surface area contributed by atoms with Gasteiger partial charge in [0, 0.05) is 31.2 Å². The number of hydrogen-bond donors (Lipinski definition) is 1. The van der Waals surface area contributed by atoms with E-state index >= 15 is 0 Å². The maximum absolute atomic E-state index is 5.56. The standard InChI is InChI=1S/C17H28N2O2/c1-12(2)8-14-11-19(13(3)10-18-14)16-7-6-15(20-4)9-17(16)21-5/h6-7,9,12-14,18H,8,10-11H2,1-5H3. The number of nitrogens with one attached hydrogen (secondary N) is 1. The van der Waals surface area contributed by atoms with Crippen LogP contribution >= 0.6 is 0 Å². The average Bonchev–Trinajstić information content (AvgIpc) is 2.48. The predicted molar refractivity (Wildman–Crippen MR) is 87.6 cm³/mol. The molecule has 1 N–H and O–H groups in total. The second-order valence-corrected chi connectivity index (χ2v) is 6.27. The van der Waals surface area contributed by atoms with E-state index in [4.69, 9.17) is 9.47 Å². The van der Waals surface area contributed by atoms with Gasteiger partial charge < -0.3 is 19.7 Å². The molecule has 1 saturated heterocycles. The first kappa shape index (κ1) is 16.0. The first-order valence-electron chi connectivity index (χ1n) is 7.77. The zero-order valence-electron chi connectivity index (χ0n) is 13.8. The minimum Gasteiger partial charge on any atom is -0.497 e. The summed E-state index contributed by atoms with van der Waals surface area (Å²) in [5.41, 5.74) is 1.15. The number of benzene rings is 1. The summed E-state index contributed by atoms with van der Waals surface area (Å²) in [6.45, 7) is 8.83. The van der Waals surface area contributed by atoms with E-state index in [1.165, 1.54) is 6.42 Å². The summed E-state index contributed by atoms with van der Waals surface area (Å²) in [5.74, 6) is 2.42. The molecule has 0 spiro atoms. The number of rotatable bonds is 5. The van der Waals surface area contributed by atoms with E-state index in [2.05, 4.69) is 37.1 Å². The highest BCUT2D eigenvalue weighted by Gasteiger charge is 2.27. The minimum absolute atomic E-state index is 0.454. The molecule has 1 aliphatic heterocycles. The molecule has 21 heavy (non-hydrogen) atoms. The van der Waals surface area contributed by atoms with Gasteiger partial charge in [-0.3, -0.25) is 0 Å². The largest absolute Gasteiger partial charge is 0.497 e. The van der Waals surface area contributed by atoms with Gasteiger partial charge in [0.15, 0.2) is 0 Å². The molecule has 1 aromatic rings. The number of methoxy groups -OCH3 is 2. The van der Waals surface area contributed by atoms with Crippen molar-refractivity contribution in [3.8, 4) is 11.5 Å². The Balaban J connectivity index is 2.21. The van der Waals surface area contributed by atoms with Gasteiger partial charge in [0.1, 0.15) is 11.5 Å². The number of ether oxygens (including phenoxy) is 2. The second kappa shape index (κ2) is 7.03. The molecular formula is C17H28N2O2. The number of nitrogens with zero attached hydrogens (tertiary/aromatic N) is 1. The lowest BCUT2D eigenvalue weighted by atomic mass is 9.99. The fraction of sp³-hybridized carbons (Fsp3) is 0.647. The summed E-state index contributed by atoms with van der Waals surface area (Å²) >= 11 is 0. The molecular weight excluding hydrogens is 264 g/mol. The van der Waals surface area contributed by atoms with Gasteiger partial charge in [-0.15, -0.1) is 0 Å². The van der Waals surface area contributed by atoms with Crippen LogP contribution < -0.4 is 19.7 Å². The Labute approximate surface area is 128 Å². The highest BCUT2D eigenvalue weighted by molar-refractivity contribution is 5.62. The van der Waals surface area contributed by atoms with E-state index in [1.807, 2.05) is 12.1 Å². The monoisotopic (exact) mass is 292 g/mol. The summed E-state index contributed by atoms with van der Waals surface area (Å²) in [4.78, 5) is 2.45. The van der Waals surface area contributed by atoms with Crippen LogP contribution in [-0.2, 0) is 0 Å². The topological polar surface area (TPSA) is 33.7 Å². The van der Waals surface area contributed by atoms with Gasteiger partial charge in [0.25, 0.3) is 0 Å².